The van der Waals surface area contributed by atoms with Crippen LogP contribution in [0.3, 0.4) is 0 Å². The van der Waals surface area contributed by atoms with Gasteiger partial charge < -0.3 is 18.7 Å². The summed E-state index contributed by atoms with van der Waals surface area (Å²) in [6, 6.07) is 5.49. The average molecular weight is 484 g/mol. The van der Waals surface area contributed by atoms with E-state index in [0.29, 0.717) is 23.9 Å². The molecule has 0 radical (unpaired) electrons. The first-order valence-corrected chi connectivity index (χ1v) is 10.2. The zero-order valence-corrected chi connectivity index (χ0v) is 18.0. The summed E-state index contributed by atoms with van der Waals surface area (Å²) in [6.07, 6.45) is -10.4. The number of rotatable bonds is 9. The highest BCUT2D eigenvalue weighted by molar-refractivity contribution is 7.78. The quantitative estimate of drug-likeness (QED) is 0.276. The molecule has 0 saturated heterocycles. The molecule has 0 saturated carbocycles. The van der Waals surface area contributed by atoms with E-state index in [1.807, 2.05) is 0 Å². The number of carbonyl (C=O) groups excluding carboxylic acids is 1. The minimum atomic E-state index is -5.20. The van der Waals surface area contributed by atoms with Gasteiger partial charge in [-0.3, -0.25) is 4.79 Å². The molecule has 2 rings (SSSR count). The first kappa shape index (κ1) is 25.9. The first-order chi connectivity index (χ1) is 15.0. The minimum absolute atomic E-state index is 0.00509. The Kier molecular flexibility index (Phi) is 8.50. The number of hydrogen-bond donors (Lipinski definition) is 0. The smallest absolute Gasteiger partial charge is 0.417 e. The predicted molar refractivity (Wildman–Crippen MR) is 105 cm³/mol. The first-order valence-electron chi connectivity index (χ1n) is 8.91. The number of methoxy groups -OCH3 is 3. The van der Waals surface area contributed by atoms with Gasteiger partial charge in [-0.1, -0.05) is 6.07 Å². The summed E-state index contributed by atoms with van der Waals surface area (Å²) in [6.45, 7) is -0.295. The molecular formula is C20H19F6O5P. The van der Waals surface area contributed by atoms with Crippen LogP contribution in [0.25, 0.3) is 0 Å². The zero-order chi connectivity index (χ0) is 24.1. The summed E-state index contributed by atoms with van der Waals surface area (Å²) in [5.74, 6) is 0.316. The maximum Gasteiger partial charge on any atom is 0.417 e. The van der Waals surface area contributed by atoms with Crippen molar-refractivity contribution in [2.45, 2.75) is 12.4 Å². The second-order valence-corrected chi connectivity index (χ2v) is 7.92. The van der Waals surface area contributed by atoms with Crippen LogP contribution in [0, 0.1) is 0 Å². The van der Waals surface area contributed by atoms with E-state index in [2.05, 4.69) is 0 Å². The van der Waals surface area contributed by atoms with E-state index in [1.165, 1.54) is 39.5 Å². The normalized spacial score (nSPS) is 13.0. The molecule has 0 aliphatic carbocycles. The maximum absolute atomic E-state index is 13.6. The zero-order valence-electron chi connectivity index (χ0n) is 17.1. The Morgan fingerprint density at radius 3 is 1.94 bits per heavy atom. The lowest BCUT2D eigenvalue weighted by molar-refractivity contribution is -0.143. The van der Waals surface area contributed by atoms with Gasteiger partial charge in [-0.15, -0.1) is 0 Å². The van der Waals surface area contributed by atoms with Crippen molar-refractivity contribution in [2.24, 2.45) is 0 Å². The van der Waals surface area contributed by atoms with Crippen LogP contribution in [0.2, 0.25) is 0 Å². The highest BCUT2D eigenvalue weighted by atomic mass is 31.1. The highest BCUT2D eigenvalue weighted by Crippen LogP contribution is 2.48. The standard InChI is InChI=1S/C20H19F6O5P/c1-28-9-10-31-32(16-8-7-12(29-2)11-15(16)30-3)18(27)17-13(19(21,22)23)5-4-6-14(17)20(24,25)26/h4-8,11H,9-10H2,1-3H3. The van der Waals surface area contributed by atoms with Crippen molar-refractivity contribution in [3.05, 3.63) is 53.1 Å². The van der Waals surface area contributed by atoms with Gasteiger partial charge in [-0.25, -0.2) is 0 Å². The number of ether oxygens (including phenoxy) is 3. The van der Waals surface area contributed by atoms with Crippen molar-refractivity contribution in [1.29, 1.82) is 0 Å². The molecule has 0 heterocycles. The van der Waals surface area contributed by atoms with Gasteiger partial charge in [-0.2, -0.15) is 26.3 Å². The molecule has 2 aromatic carbocycles. The van der Waals surface area contributed by atoms with Crippen molar-refractivity contribution in [2.75, 3.05) is 34.5 Å². The van der Waals surface area contributed by atoms with E-state index >= 15 is 0 Å². The lowest BCUT2D eigenvalue weighted by Crippen LogP contribution is -2.23. The van der Waals surface area contributed by atoms with Crippen LogP contribution in [-0.2, 0) is 21.6 Å². The Labute approximate surface area is 181 Å². The third-order valence-electron chi connectivity index (χ3n) is 4.19. The van der Waals surface area contributed by atoms with Crippen LogP contribution in [0.4, 0.5) is 26.3 Å². The Morgan fingerprint density at radius 2 is 1.47 bits per heavy atom. The molecule has 0 bridgehead atoms. The molecular weight excluding hydrogens is 465 g/mol. The summed E-state index contributed by atoms with van der Waals surface area (Å²) in [5, 5.41) is -0.00509. The van der Waals surface area contributed by atoms with E-state index < -0.39 is 42.7 Å². The SMILES string of the molecule is COCCOP(C(=O)c1c(C(F)(F)F)cccc1C(F)(F)F)c1ccc(OC)cc1OC. The minimum Gasteiger partial charge on any atom is -0.497 e. The Balaban J connectivity index is 2.73. The van der Waals surface area contributed by atoms with Crippen LogP contribution in [0.15, 0.2) is 36.4 Å². The second kappa shape index (κ2) is 10.5. The predicted octanol–water partition coefficient (Wildman–Crippen LogP) is 5.27. The Morgan fingerprint density at radius 1 is 0.875 bits per heavy atom. The lowest BCUT2D eigenvalue weighted by atomic mass is 10.0. The number of hydrogen-bond acceptors (Lipinski definition) is 5. The summed E-state index contributed by atoms with van der Waals surface area (Å²) in [4.78, 5) is 13.3. The molecule has 1 unspecified atom stereocenters. The lowest BCUT2D eigenvalue weighted by Gasteiger charge is -2.23. The van der Waals surface area contributed by atoms with Crippen molar-refractivity contribution in [1.82, 2.24) is 0 Å². The summed E-state index contributed by atoms with van der Waals surface area (Å²) < 4.78 is 102. The summed E-state index contributed by atoms with van der Waals surface area (Å²) >= 11 is 0. The van der Waals surface area contributed by atoms with Crippen molar-refractivity contribution in [3.8, 4) is 11.5 Å². The number of benzene rings is 2. The summed E-state index contributed by atoms with van der Waals surface area (Å²) in [5.41, 5.74) is -6.37. The molecule has 0 amide bonds. The van der Waals surface area contributed by atoms with E-state index in [-0.39, 0.29) is 24.3 Å². The largest absolute Gasteiger partial charge is 0.497 e. The van der Waals surface area contributed by atoms with E-state index in [0.717, 1.165) is 0 Å². The Bertz CT molecular complexity index is 913. The Hall–Kier alpha value is -2.36. The fraction of sp³-hybridized carbons (Fsp3) is 0.350. The van der Waals surface area contributed by atoms with Crippen LogP contribution < -0.4 is 14.8 Å². The average Bonchev–Trinajstić information content (AvgIpc) is 2.74. The van der Waals surface area contributed by atoms with E-state index in [4.69, 9.17) is 18.7 Å². The molecule has 32 heavy (non-hydrogen) atoms. The molecule has 0 fully saturated rings. The van der Waals surface area contributed by atoms with Crippen LogP contribution >= 0.6 is 8.15 Å². The molecule has 0 spiro atoms. The fourth-order valence-electron chi connectivity index (χ4n) is 2.76. The van der Waals surface area contributed by atoms with Crippen LogP contribution in [-0.4, -0.2) is 40.1 Å². The van der Waals surface area contributed by atoms with Gasteiger partial charge in [0.05, 0.1) is 43.9 Å². The van der Waals surface area contributed by atoms with Gasteiger partial charge in [0.1, 0.15) is 19.6 Å². The third kappa shape index (κ3) is 5.90. The molecule has 0 N–H and O–H groups in total. The van der Waals surface area contributed by atoms with Crippen molar-refractivity contribution in [3.63, 3.8) is 0 Å². The molecule has 176 valence electrons. The van der Waals surface area contributed by atoms with Gasteiger partial charge in [0, 0.05) is 18.7 Å². The number of alkyl halides is 6. The van der Waals surface area contributed by atoms with Gasteiger partial charge in [0.2, 0.25) is 5.52 Å². The second-order valence-electron chi connectivity index (χ2n) is 6.19. The van der Waals surface area contributed by atoms with Gasteiger partial charge in [0.25, 0.3) is 0 Å². The number of halogens is 6. The van der Waals surface area contributed by atoms with Gasteiger partial charge in [0.15, 0.2) is 0 Å². The third-order valence-corrected chi connectivity index (χ3v) is 6.03. The van der Waals surface area contributed by atoms with Crippen molar-refractivity contribution >= 4 is 19.0 Å². The molecule has 12 heteroatoms. The molecule has 2 aromatic rings. The molecule has 0 aliphatic heterocycles. The number of carbonyl (C=O) groups is 1. The van der Waals surface area contributed by atoms with Crippen molar-refractivity contribution < 1.29 is 49.9 Å². The molecule has 1 atom stereocenters. The molecule has 0 aliphatic rings. The summed E-state index contributed by atoms with van der Waals surface area (Å²) in [7, 11) is 1.23. The van der Waals surface area contributed by atoms with Crippen LogP contribution in [0.5, 0.6) is 11.5 Å². The molecule has 5 nitrogen and oxygen atoms in total. The van der Waals surface area contributed by atoms with Gasteiger partial charge >= 0.3 is 12.4 Å². The van der Waals surface area contributed by atoms with Gasteiger partial charge in [-0.05, 0) is 24.3 Å². The highest BCUT2D eigenvalue weighted by Gasteiger charge is 2.45. The fourth-order valence-corrected chi connectivity index (χ4v) is 4.50. The topological polar surface area (TPSA) is 54.0 Å². The maximum atomic E-state index is 13.6. The van der Waals surface area contributed by atoms with E-state index in [1.54, 1.807) is 0 Å². The van der Waals surface area contributed by atoms with Crippen LogP contribution in [0.1, 0.15) is 21.5 Å². The monoisotopic (exact) mass is 484 g/mol. The van der Waals surface area contributed by atoms with E-state index in [9.17, 15) is 31.1 Å². The molecule has 0 aromatic heterocycles.